The van der Waals surface area contributed by atoms with Gasteiger partial charge in [-0.15, -0.1) is 0 Å². The topological polar surface area (TPSA) is 58.6 Å². The SMILES string of the molecule is C[C@H](Oc1cccc(Br)c1)C(=O)N[C@H]1CC(=O)N(C)C1. The van der Waals surface area contributed by atoms with Gasteiger partial charge in [-0.2, -0.15) is 0 Å². The summed E-state index contributed by atoms with van der Waals surface area (Å²) in [5, 5.41) is 2.84. The zero-order chi connectivity index (χ0) is 14.7. The van der Waals surface area contributed by atoms with Gasteiger partial charge in [0.05, 0.1) is 6.04 Å². The fraction of sp³-hybridized carbons (Fsp3) is 0.429. The summed E-state index contributed by atoms with van der Waals surface area (Å²) in [7, 11) is 1.73. The number of nitrogens with one attached hydrogen (secondary N) is 1. The number of carbonyl (C=O) groups excluding carboxylic acids is 2. The maximum atomic E-state index is 12.0. The molecule has 0 bridgehead atoms. The largest absolute Gasteiger partial charge is 0.481 e. The van der Waals surface area contributed by atoms with Crippen LogP contribution in [0.4, 0.5) is 0 Å². The highest BCUT2D eigenvalue weighted by atomic mass is 79.9. The summed E-state index contributed by atoms with van der Waals surface area (Å²) in [6.07, 6.45) is -0.253. The Balaban J connectivity index is 1.88. The number of hydrogen-bond acceptors (Lipinski definition) is 3. The molecule has 0 saturated carbocycles. The first kappa shape index (κ1) is 14.8. The molecule has 0 spiro atoms. The van der Waals surface area contributed by atoms with Crippen LogP contribution in [0.1, 0.15) is 13.3 Å². The number of rotatable bonds is 4. The summed E-state index contributed by atoms with van der Waals surface area (Å²) < 4.78 is 6.47. The van der Waals surface area contributed by atoms with E-state index in [1.54, 1.807) is 31.0 Å². The molecular formula is C14H17BrN2O3. The van der Waals surface area contributed by atoms with Crippen molar-refractivity contribution < 1.29 is 14.3 Å². The summed E-state index contributed by atoms with van der Waals surface area (Å²) in [5.41, 5.74) is 0. The summed E-state index contributed by atoms with van der Waals surface area (Å²) in [5.74, 6) is 0.468. The fourth-order valence-electron chi connectivity index (χ4n) is 2.08. The molecule has 1 aliphatic rings. The van der Waals surface area contributed by atoms with Crippen LogP contribution in [0.2, 0.25) is 0 Å². The lowest BCUT2D eigenvalue weighted by Crippen LogP contribution is -2.43. The van der Waals surface area contributed by atoms with Crippen molar-refractivity contribution >= 4 is 27.7 Å². The van der Waals surface area contributed by atoms with E-state index in [1.165, 1.54) is 0 Å². The zero-order valence-electron chi connectivity index (χ0n) is 11.4. The van der Waals surface area contributed by atoms with Crippen LogP contribution >= 0.6 is 15.9 Å². The third kappa shape index (κ3) is 3.72. The average molecular weight is 341 g/mol. The Morgan fingerprint density at radius 3 is 2.90 bits per heavy atom. The Morgan fingerprint density at radius 2 is 2.30 bits per heavy atom. The number of carbonyl (C=O) groups is 2. The van der Waals surface area contributed by atoms with Crippen LogP contribution in [-0.4, -0.2) is 42.5 Å². The molecular weight excluding hydrogens is 324 g/mol. The first-order chi connectivity index (χ1) is 9.45. The van der Waals surface area contributed by atoms with E-state index in [-0.39, 0.29) is 17.9 Å². The van der Waals surface area contributed by atoms with E-state index in [9.17, 15) is 9.59 Å². The molecule has 1 N–H and O–H groups in total. The summed E-state index contributed by atoms with van der Waals surface area (Å²) in [6, 6.07) is 7.19. The highest BCUT2D eigenvalue weighted by Crippen LogP contribution is 2.19. The van der Waals surface area contributed by atoms with Gasteiger partial charge in [-0.05, 0) is 25.1 Å². The molecule has 1 heterocycles. The smallest absolute Gasteiger partial charge is 0.261 e. The predicted octanol–water partition coefficient (Wildman–Crippen LogP) is 1.56. The monoisotopic (exact) mass is 340 g/mol. The van der Waals surface area contributed by atoms with Crippen molar-refractivity contribution in [2.24, 2.45) is 0 Å². The van der Waals surface area contributed by atoms with Gasteiger partial charge in [0.2, 0.25) is 5.91 Å². The van der Waals surface area contributed by atoms with E-state index >= 15 is 0 Å². The van der Waals surface area contributed by atoms with Gasteiger partial charge in [0.25, 0.3) is 5.91 Å². The lowest BCUT2D eigenvalue weighted by molar-refractivity contribution is -0.127. The molecule has 2 amide bonds. The van der Waals surface area contributed by atoms with Crippen LogP contribution in [0.15, 0.2) is 28.7 Å². The van der Waals surface area contributed by atoms with Gasteiger partial charge in [0, 0.05) is 24.5 Å². The second-order valence-electron chi connectivity index (χ2n) is 4.90. The molecule has 1 aromatic rings. The number of likely N-dealkylation sites (tertiary alicyclic amines) is 1. The number of hydrogen-bond donors (Lipinski definition) is 1. The predicted molar refractivity (Wildman–Crippen MR) is 78.4 cm³/mol. The number of likely N-dealkylation sites (N-methyl/N-ethyl adjacent to an activating group) is 1. The minimum atomic E-state index is -0.606. The van der Waals surface area contributed by atoms with Crippen LogP contribution in [0.25, 0.3) is 0 Å². The van der Waals surface area contributed by atoms with Gasteiger partial charge < -0.3 is 15.0 Å². The van der Waals surface area contributed by atoms with Gasteiger partial charge in [0.1, 0.15) is 5.75 Å². The Labute approximate surface area is 126 Å². The lowest BCUT2D eigenvalue weighted by atomic mass is 10.2. The van der Waals surface area contributed by atoms with Crippen molar-refractivity contribution in [2.75, 3.05) is 13.6 Å². The maximum Gasteiger partial charge on any atom is 0.261 e. The number of nitrogens with zero attached hydrogens (tertiary/aromatic N) is 1. The molecule has 1 saturated heterocycles. The third-order valence-electron chi connectivity index (χ3n) is 3.17. The molecule has 1 aromatic carbocycles. The molecule has 0 radical (unpaired) electrons. The van der Waals surface area contributed by atoms with Crippen molar-refractivity contribution in [1.29, 1.82) is 0 Å². The zero-order valence-corrected chi connectivity index (χ0v) is 13.0. The Kier molecular flexibility index (Phi) is 4.65. The Morgan fingerprint density at radius 1 is 1.55 bits per heavy atom. The van der Waals surface area contributed by atoms with Gasteiger partial charge in [-0.25, -0.2) is 0 Å². The summed E-state index contributed by atoms with van der Waals surface area (Å²) in [4.78, 5) is 25.0. The van der Waals surface area contributed by atoms with E-state index < -0.39 is 6.10 Å². The van der Waals surface area contributed by atoms with Crippen LogP contribution < -0.4 is 10.1 Å². The summed E-state index contributed by atoms with van der Waals surface area (Å²) >= 11 is 3.35. The van der Waals surface area contributed by atoms with Crippen molar-refractivity contribution in [3.05, 3.63) is 28.7 Å². The molecule has 2 atom stereocenters. The van der Waals surface area contributed by atoms with Crippen LogP contribution in [0.5, 0.6) is 5.75 Å². The summed E-state index contributed by atoms with van der Waals surface area (Å²) in [6.45, 7) is 2.24. The average Bonchev–Trinajstić information content (AvgIpc) is 2.68. The normalized spacial score (nSPS) is 19.9. The molecule has 20 heavy (non-hydrogen) atoms. The van der Waals surface area contributed by atoms with Crippen LogP contribution in [-0.2, 0) is 9.59 Å². The van der Waals surface area contributed by atoms with Crippen molar-refractivity contribution in [3.63, 3.8) is 0 Å². The highest BCUT2D eigenvalue weighted by molar-refractivity contribution is 9.10. The molecule has 6 heteroatoms. The Hall–Kier alpha value is -1.56. The highest BCUT2D eigenvalue weighted by Gasteiger charge is 2.29. The maximum absolute atomic E-state index is 12.0. The van der Waals surface area contributed by atoms with Crippen LogP contribution in [0, 0.1) is 0 Å². The van der Waals surface area contributed by atoms with E-state index in [1.807, 2.05) is 12.1 Å². The second kappa shape index (κ2) is 6.26. The van der Waals surface area contributed by atoms with Gasteiger partial charge >= 0.3 is 0 Å². The third-order valence-corrected chi connectivity index (χ3v) is 3.66. The fourth-order valence-corrected chi connectivity index (χ4v) is 2.45. The number of ether oxygens (including phenoxy) is 1. The minimum Gasteiger partial charge on any atom is -0.481 e. The molecule has 2 rings (SSSR count). The van der Waals surface area contributed by atoms with E-state index in [2.05, 4.69) is 21.2 Å². The minimum absolute atomic E-state index is 0.0517. The van der Waals surface area contributed by atoms with Crippen molar-refractivity contribution in [1.82, 2.24) is 10.2 Å². The number of halogens is 1. The van der Waals surface area contributed by atoms with E-state index in [0.29, 0.717) is 18.7 Å². The number of amides is 2. The first-order valence-corrected chi connectivity index (χ1v) is 7.21. The van der Waals surface area contributed by atoms with Gasteiger partial charge in [-0.3, -0.25) is 9.59 Å². The van der Waals surface area contributed by atoms with Gasteiger partial charge in [-0.1, -0.05) is 22.0 Å². The molecule has 1 aliphatic heterocycles. The molecule has 0 aromatic heterocycles. The van der Waals surface area contributed by atoms with Crippen LogP contribution in [0.3, 0.4) is 0 Å². The van der Waals surface area contributed by atoms with E-state index in [4.69, 9.17) is 4.74 Å². The molecule has 5 nitrogen and oxygen atoms in total. The first-order valence-electron chi connectivity index (χ1n) is 6.42. The van der Waals surface area contributed by atoms with Gasteiger partial charge in [0.15, 0.2) is 6.10 Å². The molecule has 108 valence electrons. The molecule has 1 fully saturated rings. The second-order valence-corrected chi connectivity index (χ2v) is 5.82. The van der Waals surface area contributed by atoms with Crippen molar-refractivity contribution in [2.45, 2.75) is 25.5 Å². The Bertz CT molecular complexity index is 521. The molecule has 0 unspecified atom stereocenters. The van der Waals surface area contributed by atoms with E-state index in [0.717, 1.165) is 4.47 Å². The number of benzene rings is 1. The molecule has 0 aliphatic carbocycles. The lowest BCUT2D eigenvalue weighted by Gasteiger charge is -2.18. The standard InChI is InChI=1S/C14H17BrN2O3/c1-9(20-12-5-3-4-10(15)6-12)14(19)16-11-7-13(18)17(2)8-11/h3-6,9,11H,7-8H2,1-2H3,(H,16,19)/t9-,11-/m0/s1. The quantitative estimate of drug-likeness (QED) is 0.904. The van der Waals surface area contributed by atoms with Crippen molar-refractivity contribution in [3.8, 4) is 5.75 Å².